The Morgan fingerprint density at radius 2 is 2.04 bits per heavy atom. The summed E-state index contributed by atoms with van der Waals surface area (Å²) < 4.78 is 5.85. The quantitative estimate of drug-likeness (QED) is 0.889. The molecule has 2 aliphatic rings. The van der Waals surface area contributed by atoms with Crippen molar-refractivity contribution in [2.45, 2.75) is 25.4 Å². The molecule has 1 aromatic heterocycles. The van der Waals surface area contributed by atoms with E-state index in [0.29, 0.717) is 19.7 Å². The zero-order valence-electron chi connectivity index (χ0n) is 13.7. The lowest BCUT2D eigenvalue weighted by molar-refractivity contribution is -0.135. The molecule has 1 unspecified atom stereocenters. The van der Waals surface area contributed by atoms with Crippen molar-refractivity contribution in [1.82, 2.24) is 19.8 Å². The van der Waals surface area contributed by atoms with Gasteiger partial charge in [0.2, 0.25) is 5.91 Å². The van der Waals surface area contributed by atoms with Crippen molar-refractivity contribution < 1.29 is 9.53 Å². The second-order valence-electron chi connectivity index (χ2n) is 6.08. The summed E-state index contributed by atoms with van der Waals surface area (Å²) in [6, 6.07) is 0. The molecule has 7 nitrogen and oxygen atoms in total. The molecular weight excluding hydrogens is 294 g/mol. The zero-order chi connectivity index (χ0) is 16.1. The third kappa shape index (κ3) is 3.97. The Kier molecular flexibility index (Phi) is 5.40. The number of hydrogen-bond acceptors (Lipinski definition) is 6. The van der Waals surface area contributed by atoms with Crippen LogP contribution in [0.25, 0.3) is 0 Å². The molecule has 7 heteroatoms. The Morgan fingerprint density at radius 3 is 2.83 bits per heavy atom. The van der Waals surface area contributed by atoms with Gasteiger partial charge in [0.25, 0.3) is 0 Å². The predicted molar refractivity (Wildman–Crippen MR) is 87.1 cm³/mol. The first-order valence-electron chi connectivity index (χ1n) is 8.38. The first kappa shape index (κ1) is 16.1. The van der Waals surface area contributed by atoms with Crippen LogP contribution in [0, 0.1) is 0 Å². The molecule has 0 bridgehead atoms. The van der Waals surface area contributed by atoms with Crippen molar-refractivity contribution in [3.8, 4) is 0 Å². The number of rotatable bonds is 4. The SMILES string of the molecule is CNc1nccnc1C1CN(CC(=O)N2CCCCC2)CCO1. The van der Waals surface area contributed by atoms with Crippen LogP contribution in [0.5, 0.6) is 0 Å². The summed E-state index contributed by atoms with van der Waals surface area (Å²) in [7, 11) is 1.83. The lowest BCUT2D eigenvalue weighted by Gasteiger charge is -2.34. The van der Waals surface area contributed by atoms with Crippen LogP contribution in [0.4, 0.5) is 5.82 Å². The number of carbonyl (C=O) groups excluding carboxylic acids is 1. The highest BCUT2D eigenvalue weighted by atomic mass is 16.5. The second kappa shape index (κ2) is 7.70. The van der Waals surface area contributed by atoms with E-state index < -0.39 is 0 Å². The number of amides is 1. The largest absolute Gasteiger partial charge is 0.372 e. The van der Waals surface area contributed by atoms with Crippen LogP contribution in [0.1, 0.15) is 31.1 Å². The van der Waals surface area contributed by atoms with Crippen molar-refractivity contribution in [2.75, 3.05) is 51.7 Å². The number of aromatic nitrogens is 2. The van der Waals surface area contributed by atoms with Crippen LogP contribution in [-0.4, -0.2) is 72.1 Å². The maximum Gasteiger partial charge on any atom is 0.236 e. The predicted octanol–water partition coefficient (Wildman–Crippen LogP) is 0.904. The van der Waals surface area contributed by atoms with E-state index in [-0.39, 0.29) is 12.0 Å². The average Bonchev–Trinajstić information content (AvgIpc) is 2.62. The fourth-order valence-electron chi connectivity index (χ4n) is 3.22. The van der Waals surface area contributed by atoms with Crippen LogP contribution < -0.4 is 5.32 Å². The van der Waals surface area contributed by atoms with Crippen LogP contribution in [-0.2, 0) is 9.53 Å². The molecule has 3 rings (SSSR count). The first-order chi connectivity index (χ1) is 11.3. The number of nitrogens with one attached hydrogen (secondary N) is 1. The summed E-state index contributed by atoms with van der Waals surface area (Å²) >= 11 is 0. The normalized spacial score (nSPS) is 22.8. The van der Waals surface area contributed by atoms with E-state index >= 15 is 0 Å². The fourth-order valence-corrected chi connectivity index (χ4v) is 3.22. The Labute approximate surface area is 137 Å². The number of piperidine rings is 1. The second-order valence-corrected chi connectivity index (χ2v) is 6.08. The van der Waals surface area contributed by atoms with Crippen LogP contribution in [0.15, 0.2) is 12.4 Å². The highest BCUT2D eigenvalue weighted by Crippen LogP contribution is 2.25. The molecule has 1 N–H and O–H groups in total. The van der Waals surface area contributed by atoms with Gasteiger partial charge < -0.3 is 15.0 Å². The molecule has 0 spiro atoms. The molecule has 0 aromatic carbocycles. The molecule has 0 saturated carbocycles. The average molecular weight is 319 g/mol. The maximum absolute atomic E-state index is 12.4. The van der Waals surface area contributed by atoms with Gasteiger partial charge in [-0.15, -0.1) is 0 Å². The van der Waals surface area contributed by atoms with Gasteiger partial charge in [-0.3, -0.25) is 14.7 Å². The van der Waals surface area contributed by atoms with Crippen LogP contribution in [0.2, 0.25) is 0 Å². The molecule has 2 aliphatic heterocycles. The number of carbonyl (C=O) groups is 1. The van der Waals surface area contributed by atoms with Crippen molar-refractivity contribution in [2.24, 2.45) is 0 Å². The third-order valence-corrected chi connectivity index (χ3v) is 4.49. The summed E-state index contributed by atoms with van der Waals surface area (Å²) in [4.78, 5) is 25.3. The molecule has 1 amide bonds. The Hall–Kier alpha value is -1.73. The van der Waals surface area contributed by atoms with E-state index in [9.17, 15) is 4.79 Å². The van der Waals surface area contributed by atoms with E-state index in [1.165, 1.54) is 6.42 Å². The molecule has 2 saturated heterocycles. The van der Waals surface area contributed by atoms with Gasteiger partial charge in [0.1, 0.15) is 17.6 Å². The van der Waals surface area contributed by atoms with Gasteiger partial charge in [-0.25, -0.2) is 4.98 Å². The first-order valence-corrected chi connectivity index (χ1v) is 8.38. The summed E-state index contributed by atoms with van der Waals surface area (Å²) in [5.74, 6) is 0.972. The van der Waals surface area contributed by atoms with Crippen molar-refractivity contribution in [3.63, 3.8) is 0 Å². The van der Waals surface area contributed by atoms with E-state index in [2.05, 4.69) is 20.2 Å². The number of likely N-dealkylation sites (tertiary alicyclic amines) is 1. The molecule has 1 aromatic rings. The molecule has 3 heterocycles. The van der Waals surface area contributed by atoms with Gasteiger partial charge in [0, 0.05) is 45.6 Å². The van der Waals surface area contributed by atoms with E-state index in [1.807, 2.05) is 11.9 Å². The molecule has 126 valence electrons. The Bertz CT molecular complexity index is 533. The molecular formula is C16H25N5O2. The van der Waals surface area contributed by atoms with Gasteiger partial charge in [-0.05, 0) is 19.3 Å². The molecule has 0 radical (unpaired) electrons. The van der Waals surface area contributed by atoms with Crippen molar-refractivity contribution in [3.05, 3.63) is 18.1 Å². The molecule has 1 atom stereocenters. The van der Waals surface area contributed by atoms with Gasteiger partial charge in [0.15, 0.2) is 0 Å². The minimum absolute atomic E-state index is 0.144. The minimum Gasteiger partial charge on any atom is -0.372 e. The standard InChI is InChI=1S/C16H25N5O2/c1-17-16-15(18-5-6-19-16)13-11-20(9-10-23-13)12-14(22)21-7-3-2-4-8-21/h5-6,13H,2-4,7-12H2,1H3,(H,17,19). The smallest absolute Gasteiger partial charge is 0.236 e. The van der Waals surface area contributed by atoms with E-state index in [1.54, 1.807) is 12.4 Å². The summed E-state index contributed by atoms with van der Waals surface area (Å²) in [6.45, 7) is 4.34. The van der Waals surface area contributed by atoms with Crippen LogP contribution >= 0.6 is 0 Å². The lowest BCUT2D eigenvalue weighted by atomic mass is 10.1. The highest BCUT2D eigenvalue weighted by molar-refractivity contribution is 5.78. The third-order valence-electron chi connectivity index (χ3n) is 4.49. The van der Waals surface area contributed by atoms with E-state index in [0.717, 1.165) is 44.0 Å². The van der Waals surface area contributed by atoms with Gasteiger partial charge in [-0.2, -0.15) is 0 Å². The zero-order valence-corrected chi connectivity index (χ0v) is 13.7. The molecule has 0 aliphatic carbocycles. The molecule has 2 fully saturated rings. The summed E-state index contributed by atoms with van der Waals surface area (Å²) in [5.41, 5.74) is 0.810. The fraction of sp³-hybridized carbons (Fsp3) is 0.688. The molecule has 23 heavy (non-hydrogen) atoms. The monoisotopic (exact) mass is 319 g/mol. The number of morpholine rings is 1. The number of nitrogens with zero attached hydrogens (tertiary/aromatic N) is 4. The summed E-state index contributed by atoms with van der Waals surface area (Å²) in [6.07, 6.45) is 6.69. The van der Waals surface area contributed by atoms with E-state index in [4.69, 9.17) is 4.74 Å². The van der Waals surface area contributed by atoms with Gasteiger partial charge >= 0.3 is 0 Å². The number of anilines is 1. The van der Waals surface area contributed by atoms with Crippen LogP contribution in [0.3, 0.4) is 0 Å². The Morgan fingerprint density at radius 1 is 1.26 bits per heavy atom. The minimum atomic E-state index is -0.144. The number of hydrogen-bond donors (Lipinski definition) is 1. The van der Waals surface area contributed by atoms with Crippen molar-refractivity contribution >= 4 is 11.7 Å². The van der Waals surface area contributed by atoms with Gasteiger partial charge in [0.05, 0.1) is 13.2 Å². The highest BCUT2D eigenvalue weighted by Gasteiger charge is 2.28. The van der Waals surface area contributed by atoms with Gasteiger partial charge in [-0.1, -0.05) is 0 Å². The summed E-state index contributed by atoms with van der Waals surface area (Å²) in [5, 5.41) is 3.05. The Balaban J connectivity index is 1.60. The topological polar surface area (TPSA) is 70.6 Å². The van der Waals surface area contributed by atoms with Crippen molar-refractivity contribution in [1.29, 1.82) is 0 Å². The maximum atomic E-state index is 12.4. The lowest BCUT2D eigenvalue weighted by Crippen LogP contribution is -2.47. The number of ether oxygens (including phenoxy) is 1.